The van der Waals surface area contributed by atoms with Gasteiger partial charge >= 0.3 is 12.0 Å². The molecule has 2 aromatic carbocycles. The number of aromatic amines is 1. The minimum atomic E-state index is -0.528. The molecular formula is C27H30N6O5. The summed E-state index contributed by atoms with van der Waals surface area (Å²) in [7, 11) is 1.50. The van der Waals surface area contributed by atoms with Crippen LogP contribution in [-0.4, -0.2) is 44.5 Å². The van der Waals surface area contributed by atoms with Crippen molar-refractivity contribution in [2.75, 3.05) is 7.11 Å². The Labute approximate surface area is 219 Å². The zero-order valence-electron chi connectivity index (χ0n) is 21.9. The normalized spacial score (nSPS) is 11.3. The molecule has 0 amide bonds. The van der Waals surface area contributed by atoms with Gasteiger partial charge in [-0.2, -0.15) is 9.97 Å². The summed E-state index contributed by atoms with van der Waals surface area (Å²) < 4.78 is 22.8. The van der Waals surface area contributed by atoms with Gasteiger partial charge in [0.2, 0.25) is 0 Å². The molecule has 0 spiro atoms. The molecule has 0 fully saturated rings. The molecule has 11 nitrogen and oxygen atoms in total. The van der Waals surface area contributed by atoms with Gasteiger partial charge in [0, 0.05) is 12.0 Å². The quantitative estimate of drug-likeness (QED) is 0.160. The van der Waals surface area contributed by atoms with Crippen molar-refractivity contribution in [2.24, 2.45) is 5.73 Å². The first-order valence-corrected chi connectivity index (χ1v) is 11.9. The number of nitrogens with zero attached hydrogens (tertiary/aromatic N) is 3. The second kappa shape index (κ2) is 10.8. The van der Waals surface area contributed by atoms with Crippen LogP contribution in [0.2, 0.25) is 0 Å². The molecule has 4 rings (SSSR count). The number of esters is 1. The van der Waals surface area contributed by atoms with Crippen molar-refractivity contribution in [2.45, 2.75) is 46.1 Å². The smallest absolute Gasteiger partial charge is 0.327 e. The predicted octanol–water partition coefficient (Wildman–Crippen LogP) is 4.81. The van der Waals surface area contributed by atoms with E-state index < -0.39 is 5.60 Å². The van der Waals surface area contributed by atoms with Gasteiger partial charge in [-0.1, -0.05) is 12.1 Å². The van der Waals surface area contributed by atoms with Crippen LogP contribution >= 0.6 is 0 Å². The molecule has 2 heterocycles. The van der Waals surface area contributed by atoms with Gasteiger partial charge in [0.1, 0.15) is 28.5 Å². The van der Waals surface area contributed by atoms with E-state index in [-0.39, 0.29) is 35.9 Å². The number of aromatic nitrogens is 4. The average molecular weight is 519 g/mol. The number of ether oxygens (including phenoxy) is 4. The lowest BCUT2D eigenvalue weighted by Gasteiger charge is -2.19. The lowest BCUT2D eigenvalue weighted by atomic mass is 10.1. The Morgan fingerprint density at radius 2 is 1.84 bits per heavy atom. The maximum Gasteiger partial charge on any atom is 0.327 e. The number of H-pyrrole nitrogens is 1. The van der Waals surface area contributed by atoms with Gasteiger partial charge in [0.15, 0.2) is 17.1 Å². The lowest BCUT2D eigenvalue weighted by Crippen LogP contribution is -2.24. The molecule has 4 aromatic rings. The Kier molecular flexibility index (Phi) is 7.47. The van der Waals surface area contributed by atoms with E-state index in [0.29, 0.717) is 40.5 Å². The van der Waals surface area contributed by atoms with E-state index in [2.05, 4.69) is 19.9 Å². The second-order valence-corrected chi connectivity index (χ2v) is 9.55. The monoisotopic (exact) mass is 518 g/mol. The van der Waals surface area contributed by atoms with E-state index in [9.17, 15) is 4.79 Å². The molecule has 0 bridgehead atoms. The van der Waals surface area contributed by atoms with Gasteiger partial charge in [-0.15, -0.1) is 0 Å². The first-order chi connectivity index (χ1) is 18.0. The summed E-state index contributed by atoms with van der Waals surface area (Å²) in [4.78, 5) is 28.5. The van der Waals surface area contributed by atoms with E-state index in [4.69, 9.17) is 30.1 Å². The summed E-state index contributed by atoms with van der Waals surface area (Å²) in [6.07, 6.45) is 0.743. The van der Waals surface area contributed by atoms with Crippen LogP contribution in [0.25, 0.3) is 11.2 Å². The van der Waals surface area contributed by atoms with Gasteiger partial charge in [-0.05, 0) is 70.0 Å². The number of carbonyl (C=O) groups excluding carboxylic acids is 1. The summed E-state index contributed by atoms with van der Waals surface area (Å²) in [6.45, 7) is 7.32. The van der Waals surface area contributed by atoms with Crippen LogP contribution in [0.15, 0.2) is 42.5 Å². The lowest BCUT2D eigenvalue weighted by molar-refractivity contribution is -0.154. The number of amidine groups is 1. The van der Waals surface area contributed by atoms with Gasteiger partial charge < -0.3 is 29.7 Å². The summed E-state index contributed by atoms with van der Waals surface area (Å²) in [5.74, 6) is 1.66. The highest BCUT2D eigenvalue weighted by atomic mass is 16.6. The fraction of sp³-hybridized carbons (Fsp3) is 0.296. The SMILES string of the molecule is COc1ccc(C(=N)N)cc1Oc1nc(Oc2cccc(CCC(=O)OC(C)(C)C)c2)c2[nH]c(C)nc2n1. The Hall–Kier alpha value is -4.67. The number of rotatable bonds is 9. The Morgan fingerprint density at radius 3 is 2.55 bits per heavy atom. The number of hydrogen-bond acceptors (Lipinski definition) is 9. The fourth-order valence-corrected chi connectivity index (χ4v) is 3.62. The molecule has 198 valence electrons. The molecule has 0 saturated heterocycles. The van der Waals surface area contributed by atoms with Crippen LogP contribution in [0, 0.1) is 12.3 Å². The fourth-order valence-electron chi connectivity index (χ4n) is 3.62. The van der Waals surface area contributed by atoms with E-state index in [1.807, 2.05) is 39.0 Å². The van der Waals surface area contributed by atoms with Crippen molar-refractivity contribution in [1.82, 2.24) is 19.9 Å². The zero-order chi connectivity index (χ0) is 27.4. The van der Waals surface area contributed by atoms with E-state index >= 15 is 0 Å². The number of aryl methyl sites for hydroxylation is 2. The standard InChI is InChI=1S/C27H30N6O5/c1-15-30-22-24(31-15)32-26(37-20-14-17(23(28)29)10-11-19(20)35-5)33-25(22)36-18-8-6-7-16(13-18)9-12-21(34)38-27(2,3)4/h6-8,10-11,13-14H,9,12H2,1-5H3,(H3,28,29)(H,30,31,32,33). The van der Waals surface area contributed by atoms with Crippen LogP contribution in [0.5, 0.6) is 29.1 Å². The molecule has 0 unspecified atom stereocenters. The number of benzene rings is 2. The van der Waals surface area contributed by atoms with Crippen molar-refractivity contribution in [3.63, 3.8) is 0 Å². The zero-order valence-corrected chi connectivity index (χ0v) is 21.9. The topological polar surface area (TPSA) is 158 Å². The number of nitrogens with two attached hydrogens (primary N) is 1. The third-order valence-electron chi connectivity index (χ3n) is 5.24. The molecule has 11 heteroatoms. The van der Waals surface area contributed by atoms with Gasteiger partial charge in [0.05, 0.1) is 7.11 Å². The van der Waals surface area contributed by atoms with Crippen LogP contribution in [0.1, 0.15) is 44.1 Å². The number of hydrogen-bond donors (Lipinski definition) is 3. The highest BCUT2D eigenvalue weighted by Crippen LogP contribution is 2.34. The Balaban J connectivity index is 1.60. The molecular weight excluding hydrogens is 488 g/mol. The summed E-state index contributed by atoms with van der Waals surface area (Å²) in [5.41, 5.74) is 7.31. The van der Waals surface area contributed by atoms with Gasteiger partial charge in [0.25, 0.3) is 5.88 Å². The molecule has 0 aliphatic carbocycles. The minimum absolute atomic E-state index is 0.0286. The maximum absolute atomic E-state index is 12.1. The molecule has 4 N–H and O–H groups in total. The largest absolute Gasteiger partial charge is 0.493 e. The number of nitrogen functional groups attached to an aromatic ring is 1. The summed E-state index contributed by atoms with van der Waals surface area (Å²) >= 11 is 0. The number of carbonyl (C=O) groups is 1. The van der Waals surface area contributed by atoms with Gasteiger partial charge in [-0.25, -0.2) is 4.98 Å². The summed E-state index contributed by atoms with van der Waals surface area (Å²) in [5, 5.41) is 7.71. The van der Waals surface area contributed by atoms with E-state index in [1.54, 1.807) is 31.2 Å². The number of fused-ring (bicyclic) bond motifs is 1. The Bertz CT molecular complexity index is 1490. The minimum Gasteiger partial charge on any atom is -0.493 e. The molecule has 0 aliphatic heterocycles. The third-order valence-corrected chi connectivity index (χ3v) is 5.24. The second-order valence-electron chi connectivity index (χ2n) is 9.55. The molecule has 0 radical (unpaired) electrons. The Morgan fingerprint density at radius 1 is 1.05 bits per heavy atom. The molecule has 0 saturated carbocycles. The molecule has 0 aliphatic rings. The molecule has 2 aromatic heterocycles. The van der Waals surface area contributed by atoms with Crippen molar-refractivity contribution >= 4 is 23.0 Å². The molecule has 38 heavy (non-hydrogen) atoms. The maximum atomic E-state index is 12.1. The van der Waals surface area contributed by atoms with Crippen molar-refractivity contribution < 1.29 is 23.7 Å². The first-order valence-electron chi connectivity index (χ1n) is 11.9. The number of nitrogens with one attached hydrogen (secondary N) is 2. The van der Waals surface area contributed by atoms with E-state index in [0.717, 1.165) is 5.56 Å². The van der Waals surface area contributed by atoms with Crippen LogP contribution in [0.3, 0.4) is 0 Å². The van der Waals surface area contributed by atoms with Crippen LogP contribution in [0.4, 0.5) is 0 Å². The van der Waals surface area contributed by atoms with Crippen LogP contribution in [-0.2, 0) is 16.0 Å². The summed E-state index contributed by atoms with van der Waals surface area (Å²) in [6, 6.07) is 12.2. The number of methoxy groups -OCH3 is 1. The van der Waals surface area contributed by atoms with Crippen molar-refractivity contribution in [3.05, 3.63) is 59.4 Å². The van der Waals surface area contributed by atoms with Gasteiger partial charge in [-0.3, -0.25) is 10.2 Å². The van der Waals surface area contributed by atoms with E-state index in [1.165, 1.54) is 7.11 Å². The number of imidazole rings is 1. The van der Waals surface area contributed by atoms with Crippen molar-refractivity contribution in [3.8, 4) is 29.1 Å². The van der Waals surface area contributed by atoms with Crippen molar-refractivity contribution in [1.29, 1.82) is 5.41 Å². The third kappa shape index (κ3) is 6.55. The average Bonchev–Trinajstić information content (AvgIpc) is 3.22. The molecule has 0 atom stereocenters. The highest BCUT2D eigenvalue weighted by Gasteiger charge is 2.18. The highest BCUT2D eigenvalue weighted by molar-refractivity contribution is 5.95. The van der Waals surface area contributed by atoms with Crippen LogP contribution < -0.4 is 19.9 Å². The first kappa shape index (κ1) is 26.4. The predicted molar refractivity (Wildman–Crippen MR) is 141 cm³/mol.